The number of carbonyl (C=O) groups excluding carboxylic acids is 1. The first-order valence-electron chi connectivity index (χ1n) is 8.03. The smallest absolute Gasteiger partial charge is 0.251 e. The van der Waals surface area contributed by atoms with Gasteiger partial charge >= 0.3 is 0 Å². The molecule has 3 aromatic rings. The second kappa shape index (κ2) is 7.17. The number of nitrogens with one attached hydrogen (secondary N) is 1. The quantitative estimate of drug-likeness (QED) is 0.709. The minimum absolute atomic E-state index is 0.0649. The molecule has 1 N–H and O–H groups in total. The van der Waals surface area contributed by atoms with Crippen molar-refractivity contribution in [1.82, 2.24) is 14.9 Å². The van der Waals surface area contributed by atoms with Crippen LogP contribution < -0.4 is 10.1 Å². The molecule has 0 saturated carbocycles. The topological polar surface area (TPSA) is 56.1 Å². The third kappa shape index (κ3) is 3.40. The van der Waals surface area contributed by atoms with Crippen molar-refractivity contribution in [2.75, 3.05) is 13.7 Å². The van der Waals surface area contributed by atoms with E-state index in [0.29, 0.717) is 12.1 Å². The van der Waals surface area contributed by atoms with Gasteiger partial charge in [0.2, 0.25) is 0 Å². The largest absolute Gasteiger partial charge is 0.497 e. The third-order valence-corrected chi connectivity index (χ3v) is 4.04. The van der Waals surface area contributed by atoms with E-state index in [1.165, 1.54) is 0 Å². The highest BCUT2D eigenvalue weighted by atomic mass is 16.5. The van der Waals surface area contributed by atoms with E-state index in [1.807, 2.05) is 25.1 Å². The predicted molar refractivity (Wildman–Crippen MR) is 94.4 cm³/mol. The van der Waals surface area contributed by atoms with Crippen molar-refractivity contribution in [2.24, 2.45) is 0 Å². The van der Waals surface area contributed by atoms with Crippen molar-refractivity contribution in [1.29, 1.82) is 0 Å². The Morgan fingerprint density at radius 3 is 2.67 bits per heavy atom. The van der Waals surface area contributed by atoms with Crippen LogP contribution in [0.3, 0.4) is 0 Å². The van der Waals surface area contributed by atoms with E-state index < -0.39 is 0 Å². The summed E-state index contributed by atoms with van der Waals surface area (Å²) in [6, 6.07) is 15.2. The maximum Gasteiger partial charge on any atom is 0.251 e. The molecule has 3 rings (SSSR count). The van der Waals surface area contributed by atoms with Crippen molar-refractivity contribution < 1.29 is 9.53 Å². The van der Waals surface area contributed by atoms with E-state index in [4.69, 9.17) is 4.74 Å². The Bertz CT molecular complexity index is 837. The highest BCUT2D eigenvalue weighted by Crippen LogP contribution is 2.15. The molecule has 5 heteroatoms. The van der Waals surface area contributed by atoms with Crippen molar-refractivity contribution in [3.63, 3.8) is 0 Å². The van der Waals surface area contributed by atoms with Crippen LogP contribution in [0.15, 0.2) is 48.5 Å². The van der Waals surface area contributed by atoms with Gasteiger partial charge in [-0.1, -0.05) is 12.1 Å². The molecule has 0 aliphatic carbocycles. The second-order valence-corrected chi connectivity index (χ2v) is 5.64. The summed E-state index contributed by atoms with van der Waals surface area (Å²) in [6.45, 7) is 3.46. The normalized spacial score (nSPS) is 10.8. The molecular weight excluding hydrogens is 302 g/mol. The molecule has 0 unspecified atom stereocenters. The zero-order chi connectivity index (χ0) is 16.9. The fourth-order valence-corrected chi connectivity index (χ4v) is 2.76. The molecular formula is C19H21N3O2. The minimum Gasteiger partial charge on any atom is -0.497 e. The predicted octanol–water partition coefficient (Wildman–Crippen LogP) is 3.17. The molecule has 24 heavy (non-hydrogen) atoms. The van der Waals surface area contributed by atoms with Gasteiger partial charge < -0.3 is 14.6 Å². The Hall–Kier alpha value is -2.82. The summed E-state index contributed by atoms with van der Waals surface area (Å²) >= 11 is 0. The Balaban J connectivity index is 1.54. The van der Waals surface area contributed by atoms with Crippen LogP contribution in [-0.4, -0.2) is 29.1 Å². The van der Waals surface area contributed by atoms with Crippen LogP contribution in [0.5, 0.6) is 5.75 Å². The van der Waals surface area contributed by atoms with Crippen LogP contribution in [0.1, 0.15) is 22.6 Å². The fourth-order valence-electron chi connectivity index (χ4n) is 2.76. The summed E-state index contributed by atoms with van der Waals surface area (Å²) in [5.74, 6) is 1.68. The lowest BCUT2D eigenvalue weighted by Gasteiger charge is -2.08. The summed E-state index contributed by atoms with van der Waals surface area (Å²) in [5, 5.41) is 2.95. The highest BCUT2D eigenvalue weighted by Gasteiger charge is 2.07. The van der Waals surface area contributed by atoms with Gasteiger partial charge in [-0.25, -0.2) is 4.98 Å². The molecule has 0 spiro atoms. The van der Waals surface area contributed by atoms with Gasteiger partial charge in [-0.2, -0.15) is 0 Å². The molecule has 0 aliphatic rings. The Morgan fingerprint density at radius 1 is 1.17 bits per heavy atom. The Kier molecular flexibility index (Phi) is 4.79. The molecule has 0 fully saturated rings. The molecule has 2 aromatic carbocycles. The molecule has 0 atom stereocenters. The lowest BCUT2D eigenvalue weighted by atomic mass is 10.2. The van der Waals surface area contributed by atoms with Crippen molar-refractivity contribution in [3.05, 3.63) is 59.9 Å². The lowest BCUT2D eigenvalue weighted by Crippen LogP contribution is -2.25. The molecule has 0 saturated heterocycles. The van der Waals surface area contributed by atoms with Crippen LogP contribution in [-0.2, 0) is 6.54 Å². The highest BCUT2D eigenvalue weighted by molar-refractivity contribution is 5.94. The first kappa shape index (κ1) is 16.1. The van der Waals surface area contributed by atoms with Gasteiger partial charge in [-0.05, 0) is 49.7 Å². The summed E-state index contributed by atoms with van der Waals surface area (Å²) in [4.78, 5) is 16.7. The van der Waals surface area contributed by atoms with E-state index >= 15 is 0 Å². The number of benzene rings is 2. The number of aromatic nitrogens is 2. The number of hydrogen-bond acceptors (Lipinski definition) is 3. The Labute approximate surface area is 141 Å². The number of rotatable bonds is 6. The van der Waals surface area contributed by atoms with Crippen LogP contribution >= 0.6 is 0 Å². The van der Waals surface area contributed by atoms with E-state index in [-0.39, 0.29) is 5.91 Å². The summed E-state index contributed by atoms with van der Waals surface area (Å²) in [5.41, 5.74) is 2.79. The lowest BCUT2D eigenvalue weighted by molar-refractivity contribution is 0.0952. The molecule has 1 aromatic heterocycles. The maximum absolute atomic E-state index is 12.1. The second-order valence-electron chi connectivity index (χ2n) is 5.64. The van der Waals surface area contributed by atoms with Crippen LogP contribution in [0.4, 0.5) is 0 Å². The number of carbonyl (C=O) groups is 1. The number of imidazole rings is 1. The van der Waals surface area contributed by atoms with Crippen LogP contribution in [0, 0.1) is 6.92 Å². The average Bonchev–Trinajstić information content (AvgIpc) is 2.94. The first-order chi connectivity index (χ1) is 11.7. The number of ether oxygens (including phenoxy) is 1. The summed E-state index contributed by atoms with van der Waals surface area (Å²) < 4.78 is 7.28. The number of aryl methyl sites for hydroxylation is 2. The number of methoxy groups -OCH3 is 1. The van der Waals surface area contributed by atoms with Gasteiger partial charge in [-0.3, -0.25) is 4.79 Å². The molecule has 124 valence electrons. The maximum atomic E-state index is 12.1. The van der Waals surface area contributed by atoms with Crippen LogP contribution in [0.2, 0.25) is 0 Å². The number of para-hydroxylation sites is 2. The average molecular weight is 323 g/mol. The zero-order valence-electron chi connectivity index (χ0n) is 14.0. The van der Waals surface area contributed by atoms with Gasteiger partial charge in [0, 0.05) is 18.7 Å². The molecule has 0 aliphatic heterocycles. The summed E-state index contributed by atoms with van der Waals surface area (Å²) in [7, 11) is 1.61. The number of fused-ring (bicyclic) bond motifs is 1. The molecule has 0 radical (unpaired) electrons. The van der Waals surface area contributed by atoms with E-state index in [0.717, 1.165) is 35.6 Å². The minimum atomic E-state index is -0.0649. The van der Waals surface area contributed by atoms with Crippen LogP contribution in [0.25, 0.3) is 11.0 Å². The van der Waals surface area contributed by atoms with E-state index in [9.17, 15) is 4.79 Å². The molecule has 1 amide bonds. The summed E-state index contributed by atoms with van der Waals surface area (Å²) in [6.07, 6.45) is 0.850. The first-order valence-corrected chi connectivity index (χ1v) is 8.03. The van der Waals surface area contributed by atoms with Crippen molar-refractivity contribution in [2.45, 2.75) is 19.9 Å². The van der Waals surface area contributed by atoms with E-state index in [2.05, 4.69) is 20.9 Å². The van der Waals surface area contributed by atoms with Gasteiger partial charge in [-0.15, -0.1) is 0 Å². The zero-order valence-corrected chi connectivity index (χ0v) is 14.0. The van der Waals surface area contributed by atoms with Gasteiger partial charge in [0.25, 0.3) is 5.91 Å². The molecule has 5 nitrogen and oxygen atoms in total. The monoisotopic (exact) mass is 323 g/mol. The Morgan fingerprint density at radius 2 is 1.92 bits per heavy atom. The SMILES string of the molecule is COc1ccc(C(=O)NCCCn2c(C)nc3ccccc32)cc1. The number of nitrogens with zero attached hydrogens (tertiary/aromatic N) is 2. The molecule has 1 heterocycles. The van der Waals surface area contributed by atoms with Crippen molar-refractivity contribution >= 4 is 16.9 Å². The fraction of sp³-hybridized carbons (Fsp3) is 0.263. The third-order valence-electron chi connectivity index (χ3n) is 4.04. The standard InChI is InChI=1S/C19H21N3O2/c1-14-21-17-6-3-4-7-18(17)22(14)13-5-12-20-19(23)15-8-10-16(24-2)11-9-15/h3-4,6-11H,5,12-13H2,1-2H3,(H,20,23). The number of amides is 1. The van der Waals surface area contributed by atoms with Gasteiger partial charge in [0.05, 0.1) is 18.1 Å². The molecule has 0 bridgehead atoms. The van der Waals surface area contributed by atoms with Crippen molar-refractivity contribution in [3.8, 4) is 5.75 Å². The van der Waals surface area contributed by atoms with Gasteiger partial charge in [0.1, 0.15) is 11.6 Å². The number of hydrogen-bond donors (Lipinski definition) is 1. The van der Waals surface area contributed by atoms with Gasteiger partial charge in [0.15, 0.2) is 0 Å². The van der Waals surface area contributed by atoms with E-state index in [1.54, 1.807) is 31.4 Å².